The van der Waals surface area contributed by atoms with Gasteiger partial charge in [-0.25, -0.2) is 31.0 Å². The fraction of sp³-hybridized carbons (Fsp3) is 0.227. The van der Waals surface area contributed by atoms with E-state index in [4.69, 9.17) is 0 Å². The van der Waals surface area contributed by atoms with Crippen LogP contribution < -0.4 is 10.4 Å². The molecule has 0 saturated heterocycles. The number of benzene rings is 1. The number of hydrogen-bond donors (Lipinski definition) is 0. The third-order valence-electron chi connectivity index (χ3n) is 5.55. The number of fused-ring (bicyclic) bond motifs is 1. The summed E-state index contributed by atoms with van der Waals surface area (Å²) >= 11 is 0. The maximum absolute atomic E-state index is 13.2. The predicted molar refractivity (Wildman–Crippen MR) is 127 cm³/mol. The van der Waals surface area contributed by atoms with Crippen molar-refractivity contribution >= 4 is 25.3 Å². The first-order chi connectivity index (χ1) is 18.9. The van der Waals surface area contributed by atoms with E-state index in [0.29, 0.717) is 21.3 Å². The van der Waals surface area contributed by atoms with Crippen molar-refractivity contribution in [3.05, 3.63) is 65.3 Å². The molecule has 1 aromatic carbocycles. The number of halogens is 7. The summed E-state index contributed by atoms with van der Waals surface area (Å²) in [7, 11) is -10.0. The van der Waals surface area contributed by atoms with Gasteiger partial charge in [0.2, 0.25) is 0 Å². The highest BCUT2D eigenvalue weighted by Crippen LogP contribution is 2.32. The molecule has 3 aromatic heterocycles. The van der Waals surface area contributed by atoms with Gasteiger partial charge in [0.05, 0.1) is 10.6 Å². The average molecular weight is 629 g/mol. The summed E-state index contributed by atoms with van der Waals surface area (Å²) in [6.45, 7) is 1.27. The number of pyridine rings is 2. The summed E-state index contributed by atoms with van der Waals surface area (Å²) in [5.74, 6) is -1.69. The molecular weight excluding hydrogens is 613 g/mol. The maximum Gasteiger partial charge on any atom is 0.501 e. The molecule has 0 aliphatic rings. The minimum atomic E-state index is -5.83. The van der Waals surface area contributed by atoms with Crippen LogP contribution in [0.2, 0.25) is 0 Å². The van der Waals surface area contributed by atoms with E-state index in [-0.39, 0.29) is 16.8 Å². The molecule has 0 saturated carbocycles. The molecule has 10 nitrogen and oxygen atoms in total. The SMILES string of the molecule is CCS(=O)(=O)c1cc(-c2ccc(OC(F)(F)C(F)F)cc2)cnc1-n1nc2ccc(S(=O)(=O)C(F)(F)F)cn2c1=O. The van der Waals surface area contributed by atoms with Crippen LogP contribution in [0.15, 0.2) is 69.4 Å². The van der Waals surface area contributed by atoms with Gasteiger partial charge in [-0.2, -0.15) is 35.4 Å². The molecule has 0 fully saturated rings. The van der Waals surface area contributed by atoms with Crippen molar-refractivity contribution < 1.29 is 52.3 Å². The lowest BCUT2D eigenvalue weighted by Gasteiger charge is -2.17. The zero-order valence-corrected chi connectivity index (χ0v) is 21.8. The molecule has 41 heavy (non-hydrogen) atoms. The lowest BCUT2D eigenvalue weighted by atomic mass is 10.1. The molecule has 3 heterocycles. The standard InChI is InChI=1S/C22H15F7N4O6S2/c1-2-40(35,36)16-9-13(12-3-5-14(6-4-12)39-21(25,26)19(23)24)10-30-18(16)33-20(34)32-11-15(7-8-17(32)31-33)41(37,38)22(27,28)29/h3-11,19H,2H2,1H3. The number of sulfone groups is 2. The topological polar surface area (TPSA) is 130 Å². The van der Waals surface area contributed by atoms with Gasteiger partial charge in [-0.15, -0.1) is 5.10 Å². The molecular formula is C22H15F7N4O6S2. The maximum atomic E-state index is 13.2. The summed E-state index contributed by atoms with van der Waals surface area (Å²) in [5, 5.41) is 3.85. The van der Waals surface area contributed by atoms with Crippen molar-refractivity contribution in [1.29, 1.82) is 0 Å². The van der Waals surface area contributed by atoms with Crippen LogP contribution in [0.3, 0.4) is 0 Å². The van der Waals surface area contributed by atoms with E-state index >= 15 is 0 Å². The van der Waals surface area contributed by atoms with Gasteiger partial charge in [0.15, 0.2) is 21.3 Å². The van der Waals surface area contributed by atoms with Crippen LogP contribution >= 0.6 is 0 Å². The van der Waals surface area contributed by atoms with Crippen LogP contribution in [0.5, 0.6) is 5.75 Å². The Labute approximate surface area is 225 Å². The lowest BCUT2D eigenvalue weighted by Crippen LogP contribution is -2.33. The van der Waals surface area contributed by atoms with E-state index < -0.39 is 70.5 Å². The monoisotopic (exact) mass is 628 g/mol. The lowest BCUT2D eigenvalue weighted by molar-refractivity contribution is -0.253. The summed E-state index contributed by atoms with van der Waals surface area (Å²) in [4.78, 5) is 15.2. The van der Waals surface area contributed by atoms with Gasteiger partial charge < -0.3 is 4.74 Å². The van der Waals surface area contributed by atoms with Gasteiger partial charge in [-0.3, -0.25) is 0 Å². The molecule has 0 amide bonds. The summed E-state index contributed by atoms with van der Waals surface area (Å²) in [6.07, 6.45) is -7.41. The van der Waals surface area contributed by atoms with E-state index in [1.165, 1.54) is 6.92 Å². The Bertz CT molecular complexity index is 1900. The van der Waals surface area contributed by atoms with Crippen LogP contribution in [-0.2, 0) is 19.7 Å². The van der Waals surface area contributed by atoms with Crippen molar-refractivity contribution in [2.75, 3.05) is 5.75 Å². The Morgan fingerprint density at radius 1 is 0.951 bits per heavy atom. The molecule has 0 bridgehead atoms. The first-order valence-electron chi connectivity index (χ1n) is 11.0. The van der Waals surface area contributed by atoms with Crippen molar-refractivity contribution in [3.8, 4) is 22.7 Å². The number of hydrogen-bond acceptors (Lipinski definition) is 8. The largest absolute Gasteiger partial charge is 0.501 e. The molecule has 19 heteroatoms. The van der Waals surface area contributed by atoms with Crippen LogP contribution in [0, 0.1) is 0 Å². The Hall–Kier alpha value is -4.00. The van der Waals surface area contributed by atoms with Gasteiger partial charge in [0, 0.05) is 18.0 Å². The first kappa shape index (κ1) is 30.0. The highest BCUT2D eigenvalue weighted by Gasteiger charge is 2.47. The Morgan fingerprint density at radius 3 is 2.15 bits per heavy atom. The number of rotatable bonds is 8. The van der Waals surface area contributed by atoms with Crippen LogP contribution in [0.1, 0.15) is 6.92 Å². The molecule has 0 atom stereocenters. The van der Waals surface area contributed by atoms with Crippen LogP contribution in [0.4, 0.5) is 30.7 Å². The smallest absolute Gasteiger partial charge is 0.428 e. The fourth-order valence-electron chi connectivity index (χ4n) is 3.44. The van der Waals surface area contributed by atoms with E-state index in [9.17, 15) is 52.4 Å². The third-order valence-corrected chi connectivity index (χ3v) is 8.75. The van der Waals surface area contributed by atoms with Gasteiger partial charge in [-0.05, 0) is 35.9 Å². The van der Waals surface area contributed by atoms with E-state index in [1.807, 2.05) is 0 Å². The van der Waals surface area contributed by atoms with Crippen molar-refractivity contribution in [2.24, 2.45) is 0 Å². The molecule has 0 spiro atoms. The molecule has 4 rings (SSSR count). The molecule has 0 N–H and O–H groups in total. The van der Waals surface area contributed by atoms with E-state index in [0.717, 1.165) is 42.6 Å². The zero-order valence-electron chi connectivity index (χ0n) is 20.2. The summed E-state index contributed by atoms with van der Waals surface area (Å²) in [5.41, 5.74) is -6.99. The number of ether oxygens (including phenoxy) is 1. The Morgan fingerprint density at radius 2 is 1.59 bits per heavy atom. The second-order valence-electron chi connectivity index (χ2n) is 8.17. The van der Waals surface area contributed by atoms with E-state index in [1.54, 1.807) is 0 Å². The van der Waals surface area contributed by atoms with Gasteiger partial charge in [0.25, 0.3) is 9.84 Å². The highest BCUT2D eigenvalue weighted by atomic mass is 32.2. The van der Waals surface area contributed by atoms with Crippen molar-refractivity contribution in [2.45, 2.75) is 34.8 Å². The number of aromatic nitrogens is 4. The molecule has 0 aliphatic carbocycles. The zero-order chi connectivity index (χ0) is 30.5. The Kier molecular flexibility index (Phi) is 7.40. The highest BCUT2D eigenvalue weighted by molar-refractivity contribution is 7.92. The third kappa shape index (κ3) is 5.50. The number of alkyl halides is 7. The van der Waals surface area contributed by atoms with Crippen molar-refractivity contribution in [1.82, 2.24) is 19.2 Å². The summed E-state index contributed by atoms with van der Waals surface area (Å²) < 4.78 is 144. The second kappa shape index (κ2) is 10.1. The van der Waals surface area contributed by atoms with E-state index in [2.05, 4.69) is 14.8 Å². The minimum absolute atomic E-state index is 0.0725. The molecule has 220 valence electrons. The normalized spacial score (nSPS) is 13.2. The quantitative estimate of drug-likeness (QED) is 0.269. The van der Waals surface area contributed by atoms with Gasteiger partial charge in [0.1, 0.15) is 10.6 Å². The van der Waals surface area contributed by atoms with Gasteiger partial charge in [-0.1, -0.05) is 19.1 Å². The van der Waals surface area contributed by atoms with Crippen molar-refractivity contribution in [3.63, 3.8) is 0 Å². The fourth-order valence-corrected chi connectivity index (χ4v) is 5.24. The average Bonchev–Trinajstić information content (AvgIpc) is 3.23. The second-order valence-corrected chi connectivity index (χ2v) is 12.4. The number of nitrogens with zero attached hydrogens (tertiary/aromatic N) is 4. The molecule has 4 aromatic rings. The van der Waals surface area contributed by atoms with Crippen LogP contribution in [0.25, 0.3) is 22.6 Å². The first-order valence-corrected chi connectivity index (χ1v) is 14.1. The Balaban J connectivity index is 1.82. The minimum Gasteiger partial charge on any atom is -0.428 e. The van der Waals surface area contributed by atoms with Crippen LogP contribution in [-0.4, -0.2) is 59.8 Å². The molecule has 0 radical (unpaired) electrons. The van der Waals surface area contributed by atoms with Gasteiger partial charge >= 0.3 is 23.7 Å². The molecule has 0 aliphatic heterocycles. The predicted octanol–water partition coefficient (Wildman–Crippen LogP) is 3.87. The summed E-state index contributed by atoms with van der Waals surface area (Å²) in [6, 6.07) is 6.57. The molecule has 0 unspecified atom stereocenters.